The fourth-order valence-electron chi connectivity index (χ4n) is 1.06. The number of unbranched alkanes of at least 4 members (excludes halogenated alkanes) is 1. The zero-order chi connectivity index (χ0) is 9.56. The Bertz CT molecular complexity index is 134. The second kappa shape index (κ2) is 6.04. The third kappa shape index (κ3) is 3.74. The molecule has 0 radical (unpaired) electrons. The number of hydrogen-bond donors (Lipinski definition) is 0. The molecule has 1 amide bonds. The molecular formula is C10H21NO. The molecule has 2 heteroatoms. The van der Waals surface area contributed by atoms with Gasteiger partial charge in [-0.15, -0.1) is 0 Å². The molecule has 2 nitrogen and oxygen atoms in total. The Labute approximate surface area is 75.9 Å². The van der Waals surface area contributed by atoms with Crippen molar-refractivity contribution < 1.29 is 4.79 Å². The molecule has 0 aliphatic heterocycles. The molecule has 0 rings (SSSR count). The summed E-state index contributed by atoms with van der Waals surface area (Å²) >= 11 is 0. The zero-order valence-corrected chi connectivity index (χ0v) is 8.76. The summed E-state index contributed by atoms with van der Waals surface area (Å²) in [4.78, 5) is 13.4. The van der Waals surface area contributed by atoms with Gasteiger partial charge >= 0.3 is 0 Å². The topological polar surface area (TPSA) is 20.3 Å². The van der Waals surface area contributed by atoms with Gasteiger partial charge in [0, 0.05) is 19.5 Å². The number of nitrogens with zero attached hydrogens (tertiary/aromatic N) is 1. The van der Waals surface area contributed by atoms with Crippen LogP contribution in [-0.4, -0.2) is 24.4 Å². The van der Waals surface area contributed by atoms with E-state index in [0.717, 1.165) is 25.8 Å². The lowest BCUT2D eigenvalue weighted by Gasteiger charge is -2.20. The molecule has 0 aromatic heterocycles. The predicted octanol–water partition coefficient (Wildman–Crippen LogP) is 2.29. The van der Waals surface area contributed by atoms with E-state index in [0.29, 0.717) is 0 Å². The van der Waals surface area contributed by atoms with E-state index in [9.17, 15) is 4.79 Å². The lowest BCUT2D eigenvalue weighted by atomic mass is 10.1. The van der Waals surface area contributed by atoms with Crippen LogP contribution >= 0.6 is 0 Å². The average molecular weight is 171 g/mol. The van der Waals surface area contributed by atoms with E-state index in [1.807, 2.05) is 18.9 Å². The minimum Gasteiger partial charge on any atom is -0.346 e. The predicted molar refractivity (Wildman–Crippen MR) is 52.0 cm³/mol. The number of rotatable bonds is 5. The summed E-state index contributed by atoms with van der Waals surface area (Å²) in [5.41, 5.74) is 0. The van der Waals surface area contributed by atoms with Gasteiger partial charge < -0.3 is 4.90 Å². The maximum absolute atomic E-state index is 11.5. The highest BCUT2D eigenvalue weighted by atomic mass is 16.2. The molecule has 12 heavy (non-hydrogen) atoms. The number of amides is 1. The molecular weight excluding hydrogens is 150 g/mol. The second-order valence-corrected chi connectivity index (χ2v) is 3.42. The SMILES string of the molecule is CCCCN(C)C(=O)[C@@H](C)CC. The first-order valence-corrected chi connectivity index (χ1v) is 4.88. The molecule has 0 saturated heterocycles. The maximum Gasteiger partial charge on any atom is 0.225 e. The quantitative estimate of drug-likeness (QED) is 0.621. The van der Waals surface area contributed by atoms with Crippen molar-refractivity contribution in [1.82, 2.24) is 4.90 Å². The number of hydrogen-bond acceptors (Lipinski definition) is 1. The molecule has 1 atom stereocenters. The van der Waals surface area contributed by atoms with Crippen LogP contribution in [0.3, 0.4) is 0 Å². The van der Waals surface area contributed by atoms with Gasteiger partial charge in [0.25, 0.3) is 0 Å². The molecule has 0 unspecified atom stereocenters. The van der Waals surface area contributed by atoms with Crippen molar-refractivity contribution in [1.29, 1.82) is 0 Å². The smallest absolute Gasteiger partial charge is 0.225 e. The molecule has 0 aliphatic carbocycles. The van der Waals surface area contributed by atoms with Gasteiger partial charge in [-0.25, -0.2) is 0 Å². The van der Waals surface area contributed by atoms with E-state index in [4.69, 9.17) is 0 Å². The zero-order valence-electron chi connectivity index (χ0n) is 8.76. The van der Waals surface area contributed by atoms with Crippen molar-refractivity contribution in [2.24, 2.45) is 5.92 Å². The molecule has 0 aromatic rings. The summed E-state index contributed by atoms with van der Waals surface area (Å²) < 4.78 is 0. The summed E-state index contributed by atoms with van der Waals surface area (Å²) in [6.45, 7) is 7.09. The van der Waals surface area contributed by atoms with E-state index in [-0.39, 0.29) is 11.8 Å². The Morgan fingerprint density at radius 2 is 2.00 bits per heavy atom. The van der Waals surface area contributed by atoms with E-state index in [1.165, 1.54) is 0 Å². The lowest BCUT2D eigenvalue weighted by Crippen LogP contribution is -2.32. The normalized spacial score (nSPS) is 12.7. The monoisotopic (exact) mass is 171 g/mol. The summed E-state index contributed by atoms with van der Waals surface area (Å²) in [7, 11) is 1.89. The van der Waals surface area contributed by atoms with Crippen LogP contribution in [0.4, 0.5) is 0 Å². The van der Waals surface area contributed by atoms with Crippen molar-refractivity contribution in [3.8, 4) is 0 Å². The Morgan fingerprint density at radius 3 is 2.42 bits per heavy atom. The summed E-state index contributed by atoms with van der Waals surface area (Å²) in [5, 5.41) is 0. The van der Waals surface area contributed by atoms with Gasteiger partial charge in [-0.1, -0.05) is 27.2 Å². The highest BCUT2D eigenvalue weighted by molar-refractivity contribution is 5.78. The van der Waals surface area contributed by atoms with Gasteiger partial charge in [0.1, 0.15) is 0 Å². The van der Waals surface area contributed by atoms with Crippen LogP contribution in [0.1, 0.15) is 40.0 Å². The average Bonchev–Trinajstić information content (AvgIpc) is 2.11. The molecule has 0 N–H and O–H groups in total. The van der Waals surface area contributed by atoms with Crippen LogP contribution < -0.4 is 0 Å². The van der Waals surface area contributed by atoms with Gasteiger partial charge in [0.15, 0.2) is 0 Å². The molecule has 0 aliphatic rings. The van der Waals surface area contributed by atoms with Crippen molar-refractivity contribution in [3.63, 3.8) is 0 Å². The largest absolute Gasteiger partial charge is 0.346 e. The van der Waals surface area contributed by atoms with Crippen molar-refractivity contribution in [3.05, 3.63) is 0 Å². The fraction of sp³-hybridized carbons (Fsp3) is 0.900. The minimum atomic E-state index is 0.187. The van der Waals surface area contributed by atoms with Gasteiger partial charge in [-0.05, 0) is 12.8 Å². The van der Waals surface area contributed by atoms with E-state index >= 15 is 0 Å². The summed E-state index contributed by atoms with van der Waals surface area (Å²) in [6, 6.07) is 0. The van der Waals surface area contributed by atoms with E-state index in [1.54, 1.807) is 0 Å². The van der Waals surface area contributed by atoms with Gasteiger partial charge in [-0.2, -0.15) is 0 Å². The molecule has 0 saturated carbocycles. The molecule has 0 heterocycles. The van der Waals surface area contributed by atoms with Gasteiger partial charge in [0.05, 0.1) is 0 Å². The number of carbonyl (C=O) groups is 1. The van der Waals surface area contributed by atoms with Crippen LogP contribution in [0.25, 0.3) is 0 Å². The van der Waals surface area contributed by atoms with Gasteiger partial charge in [-0.3, -0.25) is 4.79 Å². The lowest BCUT2D eigenvalue weighted by molar-refractivity contribution is -0.133. The van der Waals surface area contributed by atoms with Crippen LogP contribution in [0, 0.1) is 5.92 Å². The van der Waals surface area contributed by atoms with Crippen LogP contribution in [0.2, 0.25) is 0 Å². The van der Waals surface area contributed by atoms with Crippen LogP contribution in [0.5, 0.6) is 0 Å². The molecule has 72 valence electrons. The first-order chi connectivity index (χ1) is 5.63. The summed E-state index contributed by atoms with van der Waals surface area (Å²) in [5.74, 6) is 0.470. The molecule has 0 bridgehead atoms. The summed E-state index contributed by atoms with van der Waals surface area (Å²) in [6.07, 6.45) is 3.20. The Hall–Kier alpha value is -0.530. The Morgan fingerprint density at radius 1 is 1.42 bits per heavy atom. The minimum absolute atomic E-state index is 0.187. The van der Waals surface area contributed by atoms with Crippen molar-refractivity contribution in [2.75, 3.05) is 13.6 Å². The van der Waals surface area contributed by atoms with Crippen molar-refractivity contribution in [2.45, 2.75) is 40.0 Å². The third-order valence-corrected chi connectivity index (χ3v) is 2.26. The van der Waals surface area contributed by atoms with E-state index < -0.39 is 0 Å². The van der Waals surface area contributed by atoms with Crippen LogP contribution in [0.15, 0.2) is 0 Å². The fourth-order valence-corrected chi connectivity index (χ4v) is 1.06. The van der Waals surface area contributed by atoms with E-state index in [2.05, 4.69) is 13.8 Å². The maximum atomic E-state index is 11.5. The first kappa shape index (κ1) is 11.5. The molecule has 0 fully saturated rings. The second-order valence-electron chi connectivity index (χ2n) is 3.42. The molecule has 0 aromatic carbocycles. The number of carbonyl (C=O) groups excluding carboxylic acids is 1. The van der Waals surface area contributed by atoms with Gasteiger partial charge in [0.2, 0.25) is 5.91 Å². The highest BCUT2D eigenvalue weighted by Gasteiger charge is 2.14. The Balaban J connectivity index is 3.75. The standard InChI is InChI=1S/C10H21NO/c1-5-7-8-11(4)10(12)9(3)6-2/h9H,5-8H2,1-4H3/t9-/m0/s1. The van der Waals surface area contributed by atoms with Crippen molar-refractivity contribution >= 4 is 5.91 Å². The Kier molecular flexibility index (Phi) is 5.77. The first-order valence-electron chi connectivity index (χ1n) is 4.88. The third-order valence-electron chi connectivity index (χ3n) is 2.26. The highest BCUT2D eigenvalue weighted by Crippen LogP contribution is 2.05. The molecule has 0 spiro atoms. The van der Waals surface area contributed by atoms with Crippen LogP contribution in [-0.2, 0) is 4.79 Å².